The maximum atomic E-state index is 12.7. The highest BCUT2D eigenvalue weighted by molar-refractivity contribution is 5.80. The molecule has 18 heavy (non-hydrogen) atoms. The molecule has 0 aromatic heterocycles. The number of anilines is 1. The Balaban J connectivity index is 1.87. The second-order valence-electron chi connectivity index (χ2n) is 4.57. The fraction of sp³-hybridized carbons (Fsp3) is 0.357. The molecule has 0 radical (unpaired) electrons. The van der Waals surface area contributed by atoms with E-state index in [0.717, 1.165) is 36.9 Å². The predicted molar refractivity (Wildman–Crippen MR) is 68.0 cm³/mol. The standard InChI is InChI=1S/C14H16FNO2/c15-11-3-7-13(8-4-11)16-12-5-1-10(2-6-12)9-14(17)18/h3-4,7-9,12,16H,1-2,5-6H2,(H,17,18). The van der Waals surface area contributed by atoms with Gasteiger partial charge in [-0.25, -0.2) is 9.18 Å². The van der Waals surface area contributed by atoms with Crippen molar-refractivity contribution in [1.82, 2.24) is 0 Å². The highest BCUT2D eigenvalue weighted by atomic mass is 19.1. The van der Waals surface area contributed by atoms with Gasteiger partial charge in [0.05, 0.1) is 0 Å². The zero-order valence-corrected chi connectivity index (χ0v) is 10.0. The SMILES string of the molecule is O=C(O)C=C1CCC(Nc2ccc(F)cc2)CC1. The maximum absolute atomic E-state index is 12.7. The summed E-state index contributed by atoms with van der Waals surface area (Å²) in [5.41, 5.74) is 1.91. The summed E-state index contributed by atoms with van der Waals surface area (Å²) in [6, 6.07) is 6.64. The number of rotatable bonds is 3. The van der Waals surface area contributed by atoms with E-state index in [1.807, 2.05) is 0 Å². The van der Waals surface area contributed by atoms with E-state index < -0.39 is 5.97 Å². The van der Waals surface area contributed by atoms with Gasteiger partial charge in [0, 0.05) is 17.8 Å². The fourth-order valence-corrected chi connectivity index (χ4v) is 2.23. The summed E-state index contributed by atoms with van der Waals surface area (Å²) in [7, 11) is 0. The minimum Gasteiger partial charge on any atom is -0.478 e. The van der Waals surface area contributed by atoms with Gasteiger partial charge >= 0.3 is 5.97 Å². The molecule has 3 nitrogen and oxygen atoms in total. The highest BCUT2D eigenvalue weighted by Gasteiger charge is 2.16. The van der Waals surface area contributed by atoms with Crippen LogP contribution in [0.1, 0.15) is 25.7 Å². The Morgan fingerprint density at radius 2 is 1.89 bits per heavy atom. The Morgan fingerprint density at radius 1 is 1.28 bits per heavy atom. The topological polar surface area (TPSA) is 49.3 Å². The van der Waals surface area contributed by atoms with Crippen LogP contribution in [0.5, 0.6) is 0 Å². The molecule has 0 atom stereocenters. The van der Waals surface area contributed by atoms with Crippen LogP contribution < -0.4 is 5.32 Å². The Bertz CT molecular complexity index is 443. The molecule has 1 fully saturated rings. The average molecular weight is 249 g/mol. The number of nitrogens with one attached hydrogen (secondary N) is 1. The number of aliphatic carboxylic acids is 1. The summed E-state index contributed by atoms with van der Waals surface area (Å²) in [5, 5.41) is 12.0. The summed E-state index contributed by atoms with van der Waals surface area (Å²) in [4.78, 5) is 10.5. The number of carboxylic acids is 1. The third-order valence-corrected chi connectivity index (χ3v) is 3.17. The summed E-state index contributed by atoms with van der Waals surface area (Å²) in [6.45, 7) is 0. The number of hydrogen-bond acceptors (Lipinski definition) is 2. The zero-order chi connectivity index (χ0) is 13.0. The van der Waals surface area contributed by atoms with Crippen LogP contribution in [0.3, 0.4) is 0 Å². The third kappa shape index (κ3) is 3.58. The summed E-state index contributed by atoms with van der Waals surface area (Å²) in [5.74, 6) is -1.11. The lowest BCUT2D eigenvalue weighted by Crippen LogP contribution is -2.23. The van der Waals surface area contributed by atoms with Gasteiger partial charge in [0.25, 0.3) is 0 Å². The molecule has 0 spiro atoms. The molecule has 0 aliphatic heterocycles. The van der Waals surface area contributed by atoms with Crippen LogP contribution in [0.15, 0.2) is 35.9 Å². The van der Waals surface area contributed by atoms with E-state index in [4.69, 9.17) is 5.11 Å². The first-order chi connectivity index (χ1) is 8.63. The van der Waals surface area contributed by atoms with Crippen LogP contribution in [0, 0.1) is 5.82 Å². The van der Waals surface area contributed by atoms with Crippen molar-refractivity contribution in [3.05, 3.63) is 41.7 Å². The second kappa shape index (κ2) is 5.67. The van der Waals surface area contributed by atoms with Crippen LogP contribution >= 0.6 is 0 Å². The minimum absolute atomic E-state index is 0.240. The molecule has 96 valence electrons. The smallest absolute Gasteiger partial charge is 0.328 e. The first-order valence-corrected chi connectivity index (χ1v) is 6.08. The van der Waals surface area contributed by atoms with Crippen LogP contribution in [0.25, 0.3) is 0 Å². The number of benzene rings is 1. The Morgan fingerprint density at radius 3 is 2.44 bits per heavy atom. The van der Waals surface area contributed by atoms with E-state index in [9.17, 15) is 9.18 Å². The number of halogens is 1. The highest BCUT2D eigenvalue weighted by Crippen LogP contribution is 2.25. The van der Waals surface area contributed by atoms with E-state index in [-0.39, 0.29) is 5.82 Å². The van der Waals surface area contributed by atoms with E-state index in [0.29, 0.717) is 6.04 Å². The van der Waals surface area contributed by atoms with Crippen LogP contribution in [-0.4, -0.2) is 17.1 Å². The molecule has 1 aliphatic rings. The van der Waals surface area contributed by atoms with Crippen LogP contribution in [-0.2, 0) is 4.79 Å². The molecular formula is C14H16FNO2. The largest absolute Gasteiger partial charge is 0.478 e. The van der Waals surface area contributed by atoms with Crippen molar-refractivity contribution in [2.75, 3.05) is 5.32 Å². The lowest BCUT2D eigenvalue weighted by atomic mass is 9.90. The van der Waals surface area contributed by atoms with Gasteiger partial charge in [0.2, 0.25) is 0 Å². The summed E-state index contributed by atoms with van der Waals surface area (Å²) < 4.78 is 12.7. The maximum Gasteiger partial charge on any atom is 0.328 e. The van der Waals surface area contributed by atoms with Gasteiger partial charge in [-0.2, -0.15) is 0 Å². The van der Waals surface area contributed by atoms with Crippen molar-refractivity contribution >= 4 is 11.7 Å². The van der Waals surface area contributed by atoms with Crippen LogP contribution in [0.2, 0.25) is 0 Å². The molecule has 4 heteroatoms. The van der Waals surface area contributed by atoms with Crippen molar-refractivity contribution < 1.29 is 14.3 Å². The van der Waals surface area contributed by atoms with Gasteiger partial charge in [-0.1, -0.05) is 5.57 Å². The first-order valence-electron chi connectivity index (χ1n) is 6.08. The molecule has 0 saturated heterocycles. The van der Waals surface area contributed by atoms with Gasteiger partial charge in [0.1, 0.15) is 5.82 Å². The Labute approximate surface area is 105 Å². The lowest BCUT2D eigenvalue weighted by Gasteiger charge is -2.25. The molecule has 1 aromatic rings. The van der Waals surface area contributed by atoms with Gasteiger partial charge in [-0.05, 0) is 49.9 Å². The molecule has 0 amide bonds. The quantitative estimate of drug-likeness (QED) is 0.809. The fourth-order valence-electron chi connectivity index (χ4n) is 2.23. The van der Waals surface area contributed by atoms with Gasteiger partial charge in [-0.15, -0.1) is 0 Å². The molecular weight excluding hydrogens is 233 g/mol. The number of carboxylic acid groups (broad SMARTS) is 1. The molecule has 0 heterocycles. The lowest BCUT2D eigenvalue weighted by molar-refractivity contribution is -0.131. The van der Waals surface area contributed by atoms with Crippen molar-refractivity contribution in [2.24, 2.45) is 0 Å². The molecule has 2 N–H and O–H groups in total. The molecule has 1 aromatic carbocycles. The van der Waals surface area contributed by atoms with Crippen LogP contribution in [0.4, 0.5) is 10.1 Å². The van der Waals surface area contributed by atoms with E-state index >= 15 is 0 Å². The molecule has 1 aliphatic carbocycles. The van der Waals surface area contributed by atoms with Crippen molar-refractivity contribution in [2.45, 2.75) is 31.7 Å². The van der Waals surface area contributed by atoms with E-state index in [1.165, 1.54) is 18.2 Å². The molecule has 1 saturated carbocycles. The zero-order valence-electron chi connectivity index (χ0n) is 10.0. The van der Waals surface area contributed by atoms with Gasteiger partial charge in [0.15, 0.2) is 0 Å². The number of hydrogen-bond donors (Lipinski definition) is 2. The average Bonchev–Trinajstić information content (AvgIpc) is 2.34. The third-order valence-electron chi connectivity index (χ3n) is 3.17. The summed E-state index contributed by atoms with van der Waals surface area (Å²) in [6.07, 6.45) is 4.76. The van der Waals surface area contributed by atoms with Crippen molar-refractivity contribution in [3.63, 3.8) is 0 Å². The molecule has 0 unspecified atom stereocenters. The Kier molecular flexibility index (Phi) is 3.97. The van der Waals surface area contributed by atoms with Crippen molar-refractivity contribution in [3.8, 4) is 0 Å². The van der Waals surface area contributed by atoms with Crippen molar-refractivity contribution in [1.29, 1.82) is 0 Å². The number of allylic oxidation sites excluding steroid dienone is 1. The molecule has 2 rings (SSSR count). The first kappa shape index (κ1) is 12.6. The minimum atomic E-state index is -0.866. The summed E-state index contributed by atoms with van der Waals surface area (Å²) >= 11 is 0. The Hall–Kier alpha value is -1.84. The second-order valence-corrected chi connectivity index (χ2v) is 4.57. The normalized spacial score (nSPS) is 19.4. The van der Waals surface area contributed by atoms with E-state index in [1.54, 1.807) is 12.1 Å². The monoisotopic (exact) mass is 249 g/mol. The van der Waals surface area contributed by atoms with Gasteiger partial charge < -0.3 is 10.4 Å². The molecule has 0 bridgehead atoms. The number of carbonyl (C=O) groups is 1. The predicted octanol–water partition coefficient (Wildman–Crippen LogP) is 3.19. The van der Waals surface area contributed by atoms with E-state index in [2.05, 4.69) is 5.32 Å². The van der Waals surface area contributed by atoms with Gasteiger partial charge in [-0.3, -0.25) is 0 Å².